The number of nitrogens with zero attached hydrogens (tertiary/aromatic N) is 1. The van der Waals surface area contributed by atoms with Crippen molar-refractivity contribution in [2.45, 2.75) is 25.4 Å². The number of hydrogen-bond donors (Lipinski definition) is 1. The first-order valence-corrected chi connectivity index (χ1v) is 7.54. The molecule has 2 rings (SSSR count). The second-order valence-corrected chi connectivity index (χ2v) is 5.48. The van der Waals surface area contributed by atoms with Gasteiger partial charge in [-0.1, -0.05) is 13.3 Å². The Bertz CT molecular complexity index is 304. The van der Waals surface area contributed by atoms with Crippen molar-refractivity contribution in [3.63, 3.8) is 0 Å². The molecule has 2 saturated heterocycles. The third kappa shape index (κ3) is 4.41. The van der Waals surface area contributed by atoms with E-state index in [0.29, 0.717) is 39.5 Å². The van der Waals surface area contributed by atoms with Crippen molar-refractivity contribution in [3.05, 3.63) is 0 Å². The van der Waals surface area contributed by atoms with E-state index in [1.807, 2.05) is 4.90 Å². The second-order valence-electron chi connectivity index (χ2n) is 5.48. The summed E-state index contributed by atoms with van der Waals surface area (Å²) in [7, 11) is 0. The number of hydrogen-bond acceptors (Lipinski definition) is 5. The van der Waals surface area contributed by atoms with Gasteiger partial charge < -0.3 is 24.4 Å². The summed E-state index contributed by atoms with van der Waals surface area (Å²) in [5.74, 6) is 0.0491. The molecule has 0 aromatic carbocycles. The number of carbonyl (C=O) groups is 1. The average molecular weight is 286 g/mol. The number of morpholine rings is 1. The van der Waals surface area contributed by atoms with Crippen LogP contribution in [0.3, 0.4) is 0 Å². The van der Waals surface area contributed by atoms with Crippen LogP contribution in [-0.4, -0.2) is 75.6 Å². The standard InChI is InChI=1S/C14H26N2O4/c1-2-3-6-18-9-13(17)16-5-8-20-14(11-16)10-15-4-7-19-12-14/h15H,2-12H2,1H3/t14-/m1/s1. The van der Waals surface area contributed by atoms with Crippen LogP contribution in [0.4, 0.5) is 0 Å². The highest BCUT2D eigenvalue weighted by atomic mass is 16.5. The van der Waals surface area contributed by atoms with Gasteiger partial charge in [-0.15, -0.1) is 0 Å². The monoisotopic (exact) mass is 286 g/mol. The molecule has 0 unspecified atom stereocenters. The first kappa shape index (κ1) is 15.7. The normalized spacial score (nSPS) is 27.6. The Morgan fingerprint density at radius 2 is 2.35 bits per heavy atom. The van der Waals surface area contributed by atoms with Gasteiger partial charge in [-0.25, -0.2) is 0 Å². The molecule has 0 saturated carbocycles. The lowest BCUT2D eigenvalue weighted by molar-refractivity contribution is -0.161. The van der Waals surface area contributed by atoms with Gasteiger partial charge in [-0.3, -0.25) is 4.79 Å². The Hall–Kier alpha value is -0.690. The first-order valence-electron chi connectivity index (χ1n) is 7.54. The Morgan fingerprint density at radius 3 is 3.20 bits per heavy atom. The molecule has 2 aliphatic rings. The zero-order chi connectivity index (χ0) is 14.3. The van der Waals surface area contributed by atoms with Crippen LogP contribution in [0.2, 0.25) is 0 Å². The second kappa shape index (κ2) is 7.93. The molecule has 1 spiro atoms. The molecule has 0 aromatic rings. The molecule has 0 radical (unpaired) electrons. The fourth-order valence-electron chi connectivity index (χ4n) is 2.52. The van der Waals surface area contributed by atoms with E-state index in [0.717, 1.165) is 25.9 Å². The summed E-state index contributed by atoms with van der Waals surface area (Å²) >= 11 is 0. The van der Waals surface area contributed by atoms with E-state index in [1.165, 1.54) is 0 Å². The summed E-state index contributed by atoms with van der Waals surface area (Å²) in [5.41, 5.74) is -0.395. The maximum Gasteiger partial charge on any atom is 0.248 e. The average Bonchev–Trinajstić information content (AvgIpc) is 2.69. The van der Waals surface area contributed by atoms with E-state index >= 15 is 0 Å². The summed E-state index contributed by atoms with van der Waals surface area (Å²) in [6, 6.07) is 0. The SMILES string of the molecule is CCCCOCC(=O)N1CCO[C@]2(CNCCOC2)C1. The first-order chi connectivity index (χ1) is 9.76. The molecular formula is C14H26N2O4. The summed E-state index contributed by atoms with van der Waals surface area (Å²) in [6.45, 7) is 7.51. The van der Waals surface area contributed by atoms with E-state index in [9.17, 15) is 4.79 Å². The number of nitrogens with one attached hydrogen (secondary N) is 1. The highest BCUT2D eigenvalue weighted by Crippen LogP contribution is 2.19. The molecule has 0 aliphatic carbocycles. The van der Waals surface area contributed by atoms with Crippen LogP contribution < -0.4 is 5.32 Å². The van der Waals surface area contributed by atoms with Crippen molar-refractivity contribution in [1.29, 1.82) is 0 Å². The van der Waals surface area contributed by atoms with Crippen molar-refractivity contribution in [1.82, 2.24) is 10.2 Å². The fraction of sp³-hybridized carbons (Fsp3) is 0.929. The summed E-state index contributed by atoms with van der Waals surface area (Å²) in [4.78, 5) is 14.0. The molecule has 6 nitrogen and oxygen atoms in total. The predicted octanol–water partition coefficient (Wildman–Crippen LogP) is 0.0205. The quantitative estimate of drug-likeness (QED) is 0.722. The van der Waals surface area contributed by atoms with Gasteiger partial charge >= 0.3 is 0 Å². The number of amides is 1. The summed E-state index contributed by atoms with van der Waals surface area (Å²) in [6.07, 6.45) is 2.08. The van der Waals surface area contributed by atoms with Crippen molar-refractivity contribution in [2.24, 2.45) is 0 Å². The predicted molar refractivity (Wildman–Crippen MR) is 74.7 cm³/mol. The molecule has 1 atom stereocenters. The summed E-state index contributed by atoms with van der Waals surface area (Å²) in [5, 5.41) is 3.31. The molecular weight excluding hydrogens is 260 g/mol. The van der Waals surface area contributed by atoms with Crippen LogP contribution in [0.25, 0.3) is 0 Å². The number of carbonyl (C=O) groups excluding carboxylic acids is 1. The maximum absolute atomic E-state index is 12.2. The molecule has 0 aromatic heterocycles. The topological polar surface area (TPSA) is 60.0 Å². The van der Waals surface area contributed by atoms with Gasteiger partial charge in [0.2, 0.25) is 5.91 Å². The minimum atomic E-state index is -0.395. The van der Waals surface area contributed by atoms with E-state index in [2.05, 4.69) is 12.2 Å². The maximum atomic E-state index is 12.2. The van der Waals surface area contributed by atoms with Gasteiger partial charge in [0, 0.05) is 26.2 Å². The number of rotatable bonds is 5. The third-order valence-electron chi connectivity index (χ3n) is 3.70. The molecule has 0 bridgehead atoms. The van der Waals surface area contributed by atoms with Crippen LogP contribution in [0.1, 0.15) is 19.8 Å². The van der Waals surface area contributed by atoms with E-state index in [-0.39, 0.29) is 12.5 Å². The Morgan fingerprint density at radius 1 is 1.45 bits per heavy atom. The van der Waals surface area contributed by atoms with Gasteiger partial charge in [0.15, 0.2) is 0 Å². The zero-order valence-electron chi connectivity index (χ0n) is 12.4. The van der Waals surface area contributed by atoms with Gasteiger partial charge in [0.1, 0.15) is 12.2 Å². The molecule has 2 aliphatic heterocycles. The highest BCUT2D eigenvalue weighted by molar-refractivity contribution is 5.77. The van der Waals surface area contributed by atoms with Crippen molar-refractivity contribution >= 4 is 5.91 Å². The summed E-state index contributed by atoms with van der Waals surface area (Å²) < 4.78 is 16.9. The van der Waals surface area contributed by atoms with Crippen molar-refractivity contribution < 1.29 is 19.0 Å². The minimum absolute atomic E-state index is 0.0491. The van der Waals surface area contributed by atoms with Crippen molar-refractivity contribution in [3.8, 4) is 0 Å². The number of unbranched alkanes of at least 4 members (excludes halogenated alkanes) is 1. The highest BCUT2D eigenvalue weighted by Gasteiger charge is 2.39. The molecule has 2 heterocycles. The van der Waals surface area contributed by atoms with E-state index in [4.69, 9.17) is 14.2 Å². The lowest BCUT2D eigenvalue weighted by Gasteiger charge is -2.41. The Balaban J connectivity index is 1.81. The van der Waals surface area contributed by atoms with Crippen LogP contribution in [-0.2, 0) is 19.0 Å². The van der Waals surface area contributed by atoms with Crippen molar-refractivity contribution in [2.75, 3.05) is 59.2 Å². The zero-order valence-corrected chi connectivity index (χ0v) is 12.4. The third-order valence-corrected chi connectivity index (χ3v) is 3.70. The fourth-order valence-corrected chi connectivity index (χ4v) is 2.52. The van der Waals surface area contributed by atoms with Gasteiger partial charge in [0.05, 0.1) is 26.4 Å². The lowest BCUT2D eigenvalue weighted by Crippen LogP contribution is -2.59. The Labute approximate surface area is 120 Å². The molecule has 1 amide bonds. The molecule has 116 valence electrons. The lowest BCUT2D eigenvalue weighted by atomic mass is 10.0. The molecule has 1 N–H and O–H groups in total. The van der Waals surface area contributed by atoms with Crippen LogP contribution in [0, 0.1) is 0 Å². The molecule has 6 heteroatoms. The van der Waals surface area contributed by atoms with Gasteiger partial charge in [0.25, 0.3) is 0 Å². The minimum Gasteiger partial charge on any atom is -0.377 e. The smallest absolute Gasteiger partial charge is 0.248 e. The Kier molecular flexibility index (Phi) is 6.22. The van der Waals surface area contributed by atoms with Gasteiger partial charge in [-0.05, 0) is 6.42 Å². The largest absolute Gasteiger partial charge is 0.377 e. The van der Waals surface area contributed by atoms with Crippen LogP contribution in [0.15, 0.2) is 0 Å². The van der Waals surface area contributed by atoms with Crippen LogP contribution >= 0.6 is 0 Å². The molecule has 2 fully saturated rings. The molecule has 20 heavy (non-hydrogen) atoms. The van der Waals surface area contributed by atoms with Gasteiger partial charge in [-0.2, -0.15) is 0 Å². The van der Waals surface area contributed by atoms with Crippen LogP contribution in [0.5, 0.6) is 0 Å². The van der Waals surface area contributed by atoms with E-state index in [1.54, 1.807) is 0 Å². The van der Waals surface area contributed by atoms with E-state index < -0.39 is 5.60 Å². The number of ether oxygens (including phenoxy) is 3.